The largest absolute Gasteiger partial charge is 0.496 e. The zero-order valence-corrected chi connectivity index (χ0v) is 18.9. The van der Waals surface area contributed by atoms with Gasteiger partial charge in [-0.3, -0.25) is 9.59 Å². The van der Waals surface area contributed by atoms with Crippen molar-refractivity contribution in [2.24, 2.45) is 10.2 Å². The third-order valence-corrected chi connectivity index (χ3v) is 5.38. The summed E-state index contributed by atoms with van der Waals surface area (Å²) in [7, 11) is 3.18. The first kappa shape index (κ1) is 22.7. The maximum Gasteiger partial charge on any atom is 0.255 e. The van der Waals surface area contributed by atoms with E-state index in [2.05, 4.69) is 21.1 Å². The highest BCUT2D eigenvalue weighted by molar-refractivity contribution is 5.81. The third-order valence-electron chi connectivity index (χ3n) is 5.38. The minimum absolute atomic E-state index is 0.0548. The SMILES string of the molecule is COc1ccccc1CN/N=c1\c(=O)c(=O)/c(=N\NCc2ccccc2OC)c2ccccc12. The van der Waals surface area contributed by atoms with E-state index >= 15 is 0 Å². The molecule has 8 heteroatoms. The van der Waals surface area contributed by atoms with Crippen LogP contribution in [0.25, 0.3) is 10.8 Å². The number of ether oxygens (including phenoxy) is 2. The van der Waals surface area contributed by atoms with Gasteiger partial charge >= 0.3 is 0 Å². The zero-order valence-electron chi connectivity index (χ0n) is 18.9. The molecule has 0 saturated carbocycles. The molecule has 0 aliphatic heterocycles. The minimum Gasteiger partial charge on any atom is -0.496 e. The molecule has 8 nitrogen and oxygen atoms in total. The highest BCUT2D eigenvalue weighted by atomic mass is 16.5. The summed E-state index contributed by atoms with van der Waals surface area (Å²) < 4.78 is 10.7. The quantitative estimate of drug-likeness (QED) is 0.309. The van der Waals surface area contributed by atoms with Crippen molar-refractivity contribution in [1.29, 1.82) is 0 Å². The highest BCUT2D eigenvalue weighted by Crippen LogP contribution is 2.17. The van der Waals surface area contributed by atoms with Crippen LogP contribution in [0.4, 0.5) is 0 Å². The second-order valence-electron chi connectivity index (χ2n) is 7.42. The first-order valence-electron chi connectivity index (χ1n) is 10.7. The molecule has 0 fully saturated rings. The van der Waals surface area contributed by atoms with Crippen molar-refractivity contribution in [2.75, 3.05) is 14.2 Å². The Balaban J connectivity index is 1.70. The summed E-state index contributed by atoms with van der Waals surface area (Å²) in [6.45, 7) is 0.664. The summed E-state index contributed by atoms with van der Waals surface area (Å²) in [5, 5.41) is 9.71. The second kappa shape index (κ2) is 10.4. The predicted octanol–water partition coefficient (Wildman–Crippen LogP) is 1.66. The lowest BCUT2D eigenvalue weighted by Crippen LogP contribution is -2.49. The summed E-state index contributed by atoms with van der Waals surface area (Å²) in [6.07, 6.45) is 0. The van der Waals surface area contributed by atoms with Crippen LogP contribution < -0.4 is 41.9 Å². The number of rotatable bonds is 8. The topological polar surface area (TPSA) is 101 Å². The molecule has 0 heterocycles. The van der Waals surface area contributed by atoms with Crippen LogP contribution in [0, 0.1) is 0 Å². The number of nitrogens with one attached hydrogen (secondary N) is 2. The molecule has 0 atom stereocenters. The standard InChI is InChI=1S/C26H24N4O4/c1-33-21-13-7-3-9-17(21)15-27-29-23-19-11-5-6-12-20(19)24(26(32)25(23)31)30-28-16-18-10-4-8-14-22(18)34-2/h3-14,27-28H,15-16H2,1-2H3/b29-23-,30-24-. The Morgan fingerprint density at radius 1 is 0.618 bits per heavy atom. The summed E-state index contributed by atoms with van der Waals surface area (Å²) in [5.41, 5.74) is 6.10. The maximum atomic E-state index is 12.9. The molecular weight excluding hydrogens is 432 g/mol. The number of methoxy groups -OCH3 is 2. The van der Waals surface area contributed by atoms with Crippen LogP contribution in [-0.2, 0) is 13.1 Å². The molecule has 0 aromatic heterocycles. The molecular formula is C26H24N4O4. The summed E-state index contributed by atoms with van der Waals surface area (Å²) >= 11 is 0. The zero-order chi connectivity index (χ0) is 23.9. The van der Waals surface area contributed by atoms with Crippen LogP contribution in [0.3, 0.4) is 0 Å². The Hall–Kier alpha value is -4.46. The average Bonchev–Trinajstić information content (AvgIpc) is 2.88. The van der Waals surface area contributed by atoms with E-state index in [1.165, 1.54) is 0 Å². The fraction of sp³-hybridized carbons (Fsp3) is 0.154. The molecule has 2 N–H and O–H groups in total. The Morgan fingerprint density at radius 2 is 1.00 bits per heavy atom. The van der Waals surface area contributed by atoms with E-state index < -0.39 is 10.9 Å². The summed E-state index contributed by atoms with van der Waals surface area (Å²) in [6, 6.07) is 22.1. The van der Waals surface area contributed by atoms with E-state index in [1.54, 1.807) is 38.5 Å². The lowest BCUT2D eigenvalue weighted by molar-refractivity contribution is 0.408. The van der Waals surface area contributed by atoms with Gasteiger partial charge in [-0.2, -0.15) is 10.2 Å². The molecule has 0 unspecified atom stereocenters. The molecule has 0 spiro atoms. The van der Waals surface area contributed by atoms with E-state index in [0.717, 1.165) is 11.1 Å². The number of hydrogen-bond acceptors (Lipinski definition) is 8. The van der Waals surface area contributed by atoms with Gasteiger partial charge in [-0.25, -0.2) is 0 Å². The number of hydrogen-bond donors (Lipinski definition) is 2. The number of para-hydroxylation sites is 2. The first-order chi connectivity index (χ1) is 16.6. The number of fused-ring (bicyclic) bond motifs is 1. The van der Waals surface area contributed by atoms with Crippen LogP contribution in [0.5, 0.6) is 11.5 Å². The lowest BCUT2D eigenvalue weighted by Gasteiger charge is -2.08. The normalized spacial score (nSPS) is 12.1. The molecule has 0 amide bonds. The molecule has 0 saturated heterocycles. The highest BCUT2D eigenvalue weighted by Gasteiger charge is 2.10. The lowest BCUT2D eigenvalue weighted by atomic mass is 10.1. The van der Waals surface area contributed by atoms with E-state index in [0.29, 0.717) is 35.4 Å². The number of benzene rings is 4. The van der Waals surface area contributed by atoms with Gasteiger partial charge in [-0.05, 0) is 12.1 Å². The van der Waals surface area contributed by atoms with Gasteiger partial charge in [0.2, 0.25) is 0 Å². The van der Waals surface area contributed by atoms with Crippen molar-refractivity contribution < 1.29 is 9.47 Å². The maximum absolute atomic E-state index is 12.9. The van der Waals surface area contributed by atoms with E-state index in [1.807, 2.05) is 48.5 Å². The van der Waals surface area contributed by atoms with Gasteiger partial charge in [0.05, 0.1) is 27.3 Å². The van der Waals surface area contributed by atoms with Crippen LogP contribution in [-0.4, -0.2) is 14.2 Å². The fourth-order valence-corrected chi connectivity index (χ4v) is 3.68. The number of nitrogens with zero attached hydrogens (tertiary/aromatic N) is 2. The molecule has 0 aliphatic carbocycles. The van der Waals surface area contributed by atoms with Gasteiger partial charge in [0, 0.05) is 21.9 Å². The van der Waals surface area contributed by atoms with Crippen LogP contribution in [0.2, 0.25) is 0 Å². The predicted molar refractivity (Wildman–Crippen MR) is 130 cm³/mol. The average molecular weight is 457 g/mol. The molecule has 4 aromatic carbocycles. The monoisotopic (exact) mass is 456 g/mol. The van der Waals surface area contributed by atoms with E-state index in [9.17, 15) is 9.59 Å². The smallest absolute Gasteiger partial charge is 0.255 e. The van der Waals surface area contributed by atoms with Crippen molar-refractivity contribution in [3.63, 3.8) is 0 Å². The van der Waals surface area contributed by atoms with Gasteiger partial charge in [-0.1, -0.05) is 60.7 Å². The molecule has 0 bridgehead atoms. The van der Waals surface area contributed by atoms with E-state index in [4.69, 9.17) is 9.47 Å². The van der Waals surface area contributed by atoms with Crippen molar-refractivity contribution in [1.82, 2.24) is 10.9 Å². The molecule has 4 aromatic rings. The van der Waals surface area contributed by atoms with E-state index in [-0.39, 0.29) is 10.7 Å². The van der Waals surface area contributed by atoms with Crippen molar-refractivity contribution in [3.05, 3.63) is 115 Å². The Bertz CT molecular complexity index is 1420. The molecule has 4 rings (SSSR count). The Morgan fingerprint density at radius 3 is 1.41 bits per heavy atom. The van der Waals surface area contributed by atoms with Gasteiger partial charge in [0.25, 0.3) is 10.9 Å². The molecule has 0 aliphatic rings. The first-order valence-corrected chi connectivity index (χ1v) is 10.7. The van der Waals surface area contributed by atoms with Crippen molar-refractivity contribution in [2.45, 2.75) is 13.1 Å². The van der Waals surface area contributed by atoms with Crippen molar-refractivity contribution >= 4 is 10.8 Å². The van der Waals surface area contributed by atoms with Gasteiger partial charge < -0.3 is 20.3 Å². The van der Waals surface area contributed by atoms with Crippen LogP contribution in [0.1, 0.15) is 11.1 Å². The van der Waals surface area contributed by atoms with Crippen LogP contribution >= 0.6 is 0 Å². The van der Waals surface area contributed by atoms with Gasteiger partial charge in [-0.15, -0.1) is 0 Å². The van der Waals surface area contributed by atoms with Gasteiger partial charge in [0.1, 0.15) is 22.2 Å². The fourth-order valence-electron chi connectivity index (χ4n) is 3.68. The molecule has 0 radical (unpaired) electrons. The molecule has 172 valence electrons. The third kappa shape index (κ3) is 4.66. The second-order valence-corrected chi connectivity index (χ2v) is 7.42. The van der Waals surface area contributed by atoms with Crippen molar-refractivity contribution in [3.8, 4) is 11.5 Å². The summed E-state index contributed by atoms with van der Waals surface area (Å²) in [4.78, 5) is 25.8. The summed E-state index contributed by atoms with van der Waals surface area (Å²) in [5.74, 6) is 1.41. The van der Waals surface area contributed by atoms with Gasteiger partial charge in [0.15, 0.2) is 0 Å². The molecule has 34 heavy (non-hydrogen) atoms. The minimum atomic E-state index is -0.718. The Kier molecular flexibility index (Phi) is 6.98. The van der Waals surface area contributed by atoms with Crippen LogP contribution in [0.15, 0.2) is 92.6 Å². The Labute approximate surface area is 195 Å².